The van der Waals surface area contributed by atoms with Crippen LogP contribution in [0.5, 0.6) is 0 Å². The molecule has 1 nitrogen and oxygen atoms in total. The standard InChI is InChI=1S/C12H19N/c1-3-6-11-7-4-5-8-12(11)9-10(2)13/h4-5,7-8,10H,3,6,9,13H2,1-2H3. The molecule has 0 amide bonds. The highest BCUT2D eigenvalue weighted by Crippen LogP contribution is 2.12. The van der Waals surface area contributed by atoms with E-state index in [1.807, 2.05) is 0 Å². The molecule has 13 heavy (non-hydrogen) atoms. The van der Waals surface area contributed by atoms with Crippen LogP contribution in [0, 0.1) is 0 Å². The van der Waals surface area contributed by atoms with Crippen LogP contribution in [0.25, 0.3) is 0 Å². The van der Waals surface area contributed by atoms with Crippen LogP contribution in [-0.4, -0.2) is 6.04 Å². The van der Waals surface area contributed by atoms with Crippen LogP contribution in [0.1, 0.15) is 31.4 Å². The van der Waals surface area contributed by atoms with E-state index in [1.165, 1.54) is 24.0 Å². The van der Waals surface area contributed by atoms with E-state index >= 15 is 0 Å². The van der Waals surface area contributed by atoms with Gasteiger partial charge < -0.3 is 5.73 Å². The normalized spacial score (nSPS) is 12.8. The first-order valence-electron chi connectivity index (χ1n) is 5.06. The molecule has 0 bridgehead atoms. The molecule has 0 fully saturated rings. The minimum absolute atomic E-state index is 0.262. The molecular formula is C12H19N. The molecule has 0 heterocycles. The number of nitrogens with two attached hydrogens (primary N) is 1. The van der Waals surface area contributed by atoms with Gasteiger partial charge in [-0.3, -0.25) is 0 Å². The van der Waals surface area contributed by atoms with Crippen molar-refractivity contribution in [2.45, 2.75) is 39.2 Å². The minimum atomic E-state index is 0.262. The summed E-state index contributed by atoms with van der Waals surface area (Å²) in [5.41, 5.74) is 8.67. The van der Waals surface area contributed by atoms with E-state index in [0.717, 1.165) is 6.42 Å². The zero-order valence-corrected chi connectivity index (χ0v) is 8.59. The molecule has 1 aromatic rings. The number of benzene rings is 1. The van der Waals surface area contributed by atoms with Crippen molar-refractivity contribution < 1.29 is 0 Å². The van der Waals surface area contributed by atoms with Crippen molar-refractivity contribution in [3.63, 3.8) is 0 Å². The Morgan fingerprint density at radius 2 is 1.85 bits per heavy atom. The highest BCUT2D eigenvalue weighted by atomic mass is 14.6. The maximum absolute atomic E-state index is 5.79. The SMILES string of the molecule is CCCc1ccccc1CC(C)N. The third kappa shape index (κ3) is 3.19. The molecule has 0 aliphatic carbocycles. The molecule has 1 aromatic carbocycles. The predicted molar refractivity (Wildman–Crippen MR) is 57.8 cm³/mol. The van der Waals surface area contributed by atoms with Crippen LogP contribution in [0.4, 0.5) is 0 Å². The maximum Gasteiger partial charge on any atom is 0.00510 e. The Bertz CT molecular complexity index is 253. The molecule has 0 spiro atoms. The predicted octanol–water partition coefficient (Wildman–Crippen LogP) is 2.53. The molecular weight excluding hydrogens is 158 g/mol. The second-order valence-corrected chi connectivity index (χ2v) is 3.70. The average Bonchev–Trinajstić information content (AvgIpc) is 2.08. The number of hydrogen-bond acceptors (Lipinski definition) is 1. The van der Waals surface area contributed by atoms with Gasteiger partial charge in [-0.05, 0) is 30.9 Å². The molecule has 0 saturated carbocycles. The molecule has 0 radical (unpaired) electrons. The summed E-state index contributed by atoms with van der Waals surface area (Å²) in [5, 5.41) is 0. The van der Waals surface area contributed by atoms with Crippen molar-refractivity contribution in [1.29, 1.82) is 0 Å². The average molecular weight is 177 g/mol. The molecule has 0 aliphatic heterocycles. The van der Waals surface area contributed by atoms with E-state index < -0.39 is 0 Å². The minimum Gasteiger partial charge on any atom is -0.328 e. The van der Waals surface area contributed by atoms with E-state index in [0.29, 0.717) is 0 Å². The Morgan fingerprint density at radius 1 is 1.23 bits per heavy atom. The lowest BCUT2D eigenvalue weighted by molar-refractivity contribution is 0.728. The van der Waals surface area contributed by atoms with Gasteiger partial charge >= 0.3 is 0 Å². The summed E-state index contributed by atoms with van der Waals surface area (Å²) in [5.74, 6) is 0. The zero-order valence-electron chi connectivity index (χ0n) is 8.59. The summed E-state index contributed by atoms with van der Waals surface area (Å²) in [6.45, 7) is 4.27. The first-order valence-corrected chi connectivity index (χ1v) is 5.06. The Labute approximate surface area is 81.0 Å². The molecule has 1 atom stereocenters. The summed E-state index contributed by atoms with van der Waals surface area (Å²) in [7, 11) is 0. The second kappa shape index (κ2) is 5.03. The lowest BCUT2D eigenvalue weighted by Gasteiger charge is -2.10. The number of hydrogen-bond donors (Lipinski definition) is 1. The highest BCUT2D eigenvalue weighted by Gasteiger charge is 2.02. The molecule has 0 saturated heterocycles. The third-order valence-corrected chi connectivity index (χ3v) is 2.18. The van der Waals surface area contributed by atoms with Crippen LogP contribution < -0.4 is 5.73 Å². The summed E-state index contributed by atoms with van der Waals surface area (Å²) >= 11 is 0. The first-order chi connectivity index (χ1) is 6.24. The van der Waals surface area contributed by atoms with Gasteiger partial charge in [0.05, 0.1) is 0 Å². The van der Waals surface area contributed by atoms with E-state index in [1.54, 1.807) is 0 Å². The Morgan fingerprint density at radius 3 is 2.38 bits per heavy atom. The van der Waals surface area contributed by atoms with Crippen molar-refractivity contribution >= 4 is 0 Å². The van der Waals surface area contributed by atoms with Gasteiger partial charge in [0.2, 0.25) is 0 Å². The molecule has 1 rings (SSSR count). The fourth-order valence-corrected chi connectivity index (χ4v) is 1.62. The van der Waals surface area contributed by atoms with E-state index in [-0.39, 0.29) is 6.04 Å². The molecule has 72 valence electrons. The number of aryl methyl sites for hydroxylation is 1. The third-order valence-electron chi connectivity index (χ3n) is 2.18. The lowest BCUT2D eigenvalue weighted by atomic mass is 9.98. The summed E-state index contributed by atoms with van der Waals surface area (Å²) < 4.78 is 0. The van der Waals surface area contributed by atoms with Crippen molar-refractivity contribution in [2.75, 3.05) is 0 Å². The number of rotatable bonds is 4. The van der Waals surface area contributed by atoms with E-state index in [2.05, 4.69) is 38.1 Å². The molecule has 1 unspecified atom stereocenters. The first kappa shape index (κ1) is 10.3. The topological polar surface area (TPSA) is 26.0 Å². The van der Waals surface area contributed by atoms with Gasteiger partial charge in [-0.1, -0.05) is 37.6 Å². The van der Waals surface area contributed by atoms with Gasteiger partial charge in [0.25, 0.3) is 0 Å². The van der Waals surface area contributed by atoms with Crippen LogP contribution in [-0.2, 0) is 12.8 Å². The fraction of sp³-hybridized carbons (Fsp3) is 0.500. The zero-order chi connectivity index (χ0) is 9.68. The van der Waals surface area contributed by atoms with Crippen molar-refractivity contribution in [3.8, 4) is 0 Å². The highest BCUT2D eigenvalue weighted by molar-refractivity contribution is 5.27. The monoisotopic (exact) mass is 177 g/mol. The van der Waals surface area contributed by atoms with Gasteiger partial charge in [-0.15, -0.1) is 0 Å². The van der Waals surface area contributed by atoms with E-state index in [4.69, 9.17) is 5.73 Å². The second-order valence-electron chi connectivity index (χ2n) is 3.70. The van der Waals surface area contributed by atoms with Gasteiger partial charge in [0.15, 0.2) is 0 Å². The van der Waals surface area contributed by atoms with Gasteiger partial charge in [0, 0.05) is 6.04 Å². The van der Waals surface area contributed by atoms with Crippen molar-refractivity contribution in [2.24, 2.45) is 5.73 Å². The van der Waals surface area contributed by atoms with Crippen molar-refractivity contribution in [1.82, 2.24) is 0 Å². The molecule has 2 N–H and O–H groups in total. The van der Waals surface area contributed by atoms with Crippen LogP contribution >= 0.6 is 0 Å². The molecule has 0 aromatic heterocycles. The van der Waals surface area contributed by atoms with Gasteiger partial charge in [0.1, 0.15) is 0 Å². The van der Waals surface area contributed by atoms with Gasteiger partial charge in [-0.2, -0.15) is 0 Å². The Balaban J connectivity index is 2.78. The summed E-state index contributed by atoms with van der Waals surface area (Å²) in [6.07, 6.45) is 3.37. The van der Waals surface area contributed by atoms with E-state index in [9.17, 15) is 0 Å². The summed E-state index contributed by atoms with van der Waals surface area (Å²) in [6, 6.07) is 8.86. The maximum atomic E-state index is 5.79. The quantitative estimate of drug-likeness (QED) is 0.751. The Hall–Kier alpha value is -0.820. The fourth-order valence-electron chi connectivity index (χ4n) is 1.62. The molecule has 0 aliphatic rings. The largest absolute Gasteiger partial charge is 0.328 e. The van der Waals surface area contributed by atoms with Crippen LogP contribution in [0.2, 0.25) is 0 Å². The smallest absolute Gasteiger partial charge is 0.00510 e. The lowest BCUT2D eigenvalue weighted by Crippen LogP contribution is -2.18. The Kier molecular flexibility index (Phi) is 3.97. The van der Waals surface area contributed by atoms with Crippen LogP contribution in [0.3, 0.4) is 0 Å². The molecule has 1 heteroatoms. The van der Waals surface area contributed by atoms with Crippen molar-refractivity contribution in [3.05, 3.63) is 35.4 Å². The van der Waals surface area contributed by atoms with Gasteiger partial charge in [-0.25, -0.2) is 0 Å². The van der Waals surface area contributed by atoms with Crippen LogP contribution in [0.15, 0.2) is 24.3 Å². The summed E-state index contributed by atoms with van der Waals surface area (Å²) in [4.78, 5) is 0.